The maximum Gasteiger partial charge on any atom is 0.355 e. The summed E-state index contributed by atoms with van der Waals surface area (Å²) in [5.41, 5.74) is -0.168. The van der Waals surface area contributed by atoms with E-state index < -0.39 is 17.2 Å². The van der Waals surface area contributed by atoms with E-state index in [1.54, 1.807) is 25.3 Å². The number of nitrogens with one attached hydrogen (secondary N) is 1. The number of hydrogen-bond acceptors (Lipinski definition) is 5. The number of rotatable bonds is 4. The van der Waals surface area contributed by atoms with E-state index in [1.165, 1.54) is 0 Å². The summed E-state index contributed by atoms with van der Waals surface area (Å²) in [4.78, 5) is 12.4. The topological polar surface area (TPSA) is 67.8 Å². The molecule has 1 aliphatic rings. The number of aliphatic hydroxyl groups is 1. The van der Waals surface area contributed by atoms with Crippen molar-refractivity contribution in [1.29, 1.82) is 0 Å². The van der Waals surface area contributed by atoms with Gasteiger partial charge in [0.15, 0.2) is 0 Å². The third-order valence-electron chi connectivity index (χ3n) is 3.60. The first kappa shape index (κ1) is 17.3. The smallest absolute Gasteiger partial charge is 0.355 e. The maximum atomic E-state index is 12.4. The first-order chi connectivity index (χ1) is 10.7. The fraction of sp³-hybridized carbons (Fsp3) is 0.500. The molecular weight excluding hydrogens is 294 g/mol. The van der Waals surface area contributed by atoms with Crippen LogP contribution in [0, 0.1) is 0 Å². The molecule has 23 heavy (non-hydrogen) atoms. The quantitative estimate of drug-likeness (QED) is 0.833. The number of carbonyl (C=O) groups excluding carboxylic acids is 1. The lowest BCUT2D eigenvalue weighted by atomic mass is 9.84. The van der Waals surface area contributed by atoms with Crippen molar-refractivity contribution in [2.45, 2.75) is 51.7 Å². The predicted octanol–water partition coefficient (Wildman–Crippen LogP) is 3.33. The van der Waals surface area contributed by atoms with Gasteiger partial charge in [0.1, 0.15) is 22.6 Å². The molecule has 0 amide bonds. The molecule has 0 aromatic heterocycles. The highest BCUT2D eigenvalue weighted by Crippen LogP contribution is 2.40. The summed E-state index contributed by atoms with van der Waals surface area (Å²) in [5.74, 6) is 0.168. The first-order valence-electron chi connectivity index (χ1n) is 7.82. The molecule has 126 valence electrons. The number of benzene rings is 1. The fourth-order valence-electron chi connectivity index (χ4n) is 2.66. The largest absolute Gasteiger partial charge is 0.497 e. The van der Waals surface area contributed by atoms with E-state index in [0.29, 0.717) is 17.9 Å². The minimum atomic E-state index is -1.20. The lowest BCUT2D eigenvalue weighted by Crippen LogP contribution is -2.34. The average Bonchev–Trinajstić information content (AvgIpc) is 2.44. The van der Waals surface area contributed by atoms with Crippen LogP contribution in [0.2, 0.25) is 0 Å². The number of methoxy groups -OCH3 is 1. The molecule has 2 N–H and O–H groups in total. The van der Waals surface area contributed by atoms with Gasteiger partial charge in [-0.15, -0.1) is 0 Å². The first-order valence-corrected chi connectivity index (χ1v) is 7.82. The van der Waals surface area contributed by atoms with Crippen molar-refractivity contribution in [3.8, 4) is 5.75 Å². The van der Waals surface area contributed by atoms with Crippen LogP contribution in [0.1, 0.15) is 46.1 Å². The van der Waals surface area contributed by atoms with Crippen LogP contribution in [0.4, 0.5) is 5.69 Å². The number of esters is 1. The third-order valence-corrected chi connectivity index (χ3v) is 3.60. The highest BCUT2D eigenvalue weighted by atomic mass is 16.6. The Morgan fingerprint density at radius 2 is 2.04 bits per heavy atom. The van der Waals surface area contributed by atoms with Gasteiger partial charge in [-0.05, 0) is 39.3 Å². The predicted molar refractivity (Wildman–Crippen MR) is 89.3 cm³/mol. The van der Waals surface area contributed by atoms with E-state index in [1.807, 2.05) is 33.8 Å². The van der Waals surface area contributed by atoms with Gasteiger partial charge in [-0.3, -0.25) is 0 Å². The summed E-state index contributed by atoms with van der Waals surface area (Å²) in [6.07, 6.45) is 2.85. The van der Waals surface area contributed by atoms with Crippen LogP contribution in [0.25, 0.3) is 0 Å². The molecule has 0 saturated heterocycles. The molecule has 0 aliphatic carbocycles. The second kappa shape index (κ2) is 6.24. The second-order valence-corrected chi connectivity index (χ2v) is 6.77. The minimum absolute atomic E-state index is 0.247. The summed E-state index contributed by atoms with van der Waals surface area (Å²) in [7, 11) is 1.58. The molecule has 0 saturated carbocycles. The standard InChI is InChI=1S/C18H25NO4/c1-6-9-18(21)11-15(16(20)23-17(2,3)4)19-14-10-12(22-5)7-8-13(14)18/h7-8,10-11,19,21H,6,9H2,1-5H3. The lowest BCUT2D eigenvalue weighted by Gasteiger charge is -2.33. The Morgan fingerprint density at radius 3 is 2.61 bits per heavy atom. The Kier molecular flexibility index (Phi) is 4.71. The molecule has 0 fully saturated rings. The Hall–Kier alpha value is -2.01. The van der Waals surface area contributed by atoms with Gasteiger partial charge < -0.3 is 19.9 Å². The monoisotopic (exact) mass is 319 g/mol. The highest BCUT2D eigenvalue weighted by molar-refractivity contribution is 5.94. The average molecular weight is 319 g/mol. The summed E-state index contributed by atoms with van der Waals surface area (Å²) >= 11 is 0. The SMILES string of the molecule is CCCC1(O)C=C(C(=O)OC(C)(C)C)Nc2cc(OC)ccc21. The zero-order chi connectivity index (χ0) is 17.3. The van der Waals surface area contributed by atoms with Crippen LogP contribution in [0.15, 0.2) is 30.0 Å². The van der Waals surface area contributed by atoms with Gasteiger partial charge in [-0.1, -0.05) is 19.4 Å². The van der Waals surface area contributed by atoms with E-state index in [4.69, 9.17) is 9.47 Å². The molecule has 5 nitrogen and oxygen atoms in total. The van der Waals surface area contributed by atoms with Crippen molar-refractivity contribution in [2.75, 3.05) is 12.4 Å². The van der Waals surface area contributed by atoms with Crippen molar-refractivity contribution < 1.29 is 19.4 Å². The van der Waals surface area contributed by atoms with Gasteiger partial charge in [-0.2, -0.15) is 0 Å². The molecule has 0 spiro atoms. The maximum absolute atomic E-state index is 12.4. The Labute approximate surface area is 137 Å². The van der Waals surface area contributed by atoms with E-state index in [9.17, 15) is 9.90 Å². The van der Waals surface area contributed by atoms with Crippen LogP contribution >= 0.6 is 0 Å². The van der Waals surface area contributed by atoms with Gasteiger partial charge >= 0.3 is 5.97 Å². The number of fused-ring (bicyclic) bond motifs is 1. The third kappa shape index (κ3) is 3.85. The molecule has 1 aliphatic heterocycles. The van der Waals surface area contributed by atoms with Gasteiger partial charge in [-0.25, -0.2) is 4.79 Å². The van der Waals surface area contributed by atoms with Crippen LogP contribution in [0.5, 0.6) is 5.75 Å². The second-order valence-electron chi connectivity index (χ2n) is 6.77. The Balaban J connectivity index is 2.43. The Bertz CT molecular complexity index is 630. The van der Waals surface area contributed by atoms with E-state index in [-0.39, 0.29) is 5.70 Å². The Morgan fingerprint density at radius 1 is 1.35 bits per heavy atom. The summed E-state index contributed by atoms with van der Waals surface area (Å²) in [6, 6.07) is 5.39. The lowest BCUT2D eigenvalue weighted by molar-refractivity contribution is -0.149. The molecular formula is C18H25NO4. The number of carbonyl (C=O) groups is 1. The minimum Gasteiger partial charge on any atom is -0.497 e. The van der Waals surface area contributed by atoms with E-state index in [2.05, 4.69) is 5.32 Å². The molecule has 1 aromatic carbocycles. The highest BCUT2D eigenvalue weighted by Gasteiger charge is 2.36. The van der Waals surface area contributed by atoms with Crippen LogP contribution in [-0.2, 0) is 15.1 Å². The molecule has 1 unspecified atom stereocenters. The zero-order valence-electron chi connectivity index (χ0n) is 14.4. The molecule has 0 radical (unpaired) electrons. The molecule has 1 atom stereocenters. The van der Waals surface area contributed by atoms with Crippen LogP contribution in [0.3, 0.4) is 0 Å². The number of ether oxygens (including phenoxy) is 2. The van der Waals surface area contributed by atoms with Gasteiger partial charge in [0, 0.05) is 17.3 Å². The van der Waals surface area contributed by atoms with Crippen LogP contribution < -0.4 is 10.1 Å². The fourth-order valence-corrected chi connectivity index (χ4v) is 2.66. The molecule has 0 bridgehead atoms. The van der Waals surface area contributed by atoms with E-state index >= 15 is 0 Å². The van der Waals surface area contributed by atoms with Gasteiger partial charge in [0.25, 0.3) is 0 Å². The van der Waals surface area contributed by atoms with Gasteiger partial charge in [0.05, 0.1) is 7.11 Å². The van der Waals surface area contributed by atoms with E-state index in [0.717, 1.165) is 12.0 Å². The molecule has 1 aromatic rings. The normalized spacial score (nSPS) is 20.2. The number of anilines is 1. The summed E-state index contributed by atoms with van der Waals surface area (Å²) in [6.45, 7) is 7.42. The summed E-state index contributed by atoms with van der Waals surface area (Å²) < 4.78 is 10.6. The zero-order valence-corrected chi connectivity index (χ0v) is 14.4. The van der Waals surface area contributed by atoms with Crippen molar-refractivity contribution >= 4 is 11.7 Å². The molecule has 1 heterocycles. The van der Waals surface area contributed by atoms with Crippen LogP contribution in [-0.4, -0.2) is 23.8 Å². The van der Waals surface area contributed by atoms with Crippen molar-refractivity contribution in [1.82, 2.24) is 0 Å². The van der Waals surface area contributed by atoms with Gasteiger partial charge in [0.2, 0.25) is 0 Å². The molecule has 2 rings (SSSR count). The van der Waals surface area contributed by atoms with Crippen molar-refractivity contribution in [3.63, 3.8) is 0 Å². The number of hydrogen-bond donors (Lipinski definition) is 2. The summed E-state index contributed by atoms with van der Waals surface area (Å²) in [5, 5.41) is 14.1. The molecule has 5 heteroatoms. The van der Waals surface area contributed by atoms with Crippen molar-refractivity contribution in [3.05, 3.63) is 35.5 Å². The van der Waals surface area contributed by atoms with Crippen molar-refractivity contribution in [2.24, 2.45) is 0 Å².